The molecule has 0 saturated carbocycles. The van der Waals surface area contributed by atoms with Crippen LogP contribution in [-0.2, 0) is 11.3 Å². The molecule has 28 heavy (non-hydrogen) atoms. The van der Waals surface area contributed by atoms with Gasteiger partial charge >= 0.3 is 0 Å². The van der Waals surface area contributed by atoms with Gasteiger partial charge in [-0.25, -0.2) is 9.38 Å². The van der Waals surface area contributed by atoms with E-state index in [4.69, 9.17) is 9.73 Å². The van der Waals surface area contributed by atoms with Gasteiger partial charge in [0.15, 0.2) is 5.96 Å². The summed E-state index contributed by atoms with van der Waals surface area (Å²) in [5.41, 5.74) is 1.86. The Morgan fingerprint density at radius 1 is 1.32 bits per heavy atom. The normalized spacial score (nSPS) is 23.3. The van der Waals surface area contributed by atoms with E-state index in [1.165, 1.54) is 18.2 Å². The van der Waals surface area contributed by atoms with Gasteiger partial charge in [0.2, 0.25) is 0 Å². The monoisotopic (exact) mass is 522 g/mol. The summed E-state index contributed by atoms with van der Waals surface area (Å²) in [4.78, 5) is 7.31. The fraction of sp³-hybridized carbons (Fsp3) is 0.650. The first-order valence-corrected chi connectivity index (χ1v) is 11.0. The molecular formula is C20H32FIN4OS. The molecule has 1 aromatic carbocycles. The second-order valence-electron chi connectivity index (χ2n) is 7.26. The minimum Gasteiger partial charge on any atom is -0.379 e. The number of guanidine groups is 1. The van der Waals surface area contributed by atoms with E-state index < -0.39 is 0 Å². The third-order valence-corrected chi connectivity index (χ3v) is 6.57. The van der Waals surface area contributed by atoms with Crippen LogP contribution in [0.5, 0.6) is 0 Å². The molecule has 158 valence electrons. The maximum atomic E-state index is 13.5. The summed E-state index contributed by atoms with van der Waals surface area (Å²) < 4.78 is 19.0. The maximum Gasteiger partial charge on any atom is 0.191 e. The quantitative estimate of drug-likeness (QED) is 0.342. The number of hydrogen-bond donors (Lipinski definition) is 2. The first-order chi connectivity index (χ1) is 13.1. The van der Waals surface area contributed by atoms with Crippen LogP contribution in [0.3, 0.4) is 0 Å². The number of morpholine rings is 1. The highest BCUT2D eigenvalue weighted by molar-refractivity contribution is 14.0. The third-order valence-electron chi connectivity index (χ3n) is 5.34. The number of benzene rings is 1. The molecule has 1 unspecified atom stereocenters. The SMILES string of the molecule is CCNC(=NCc1ccc(F)c(C)c1)NCC1(N2CCOCC2)CCSC1.I. The highest BCUT2D eigenvalue weighted by Crippen LogP contribution is 2.33. The zero-order chi connectivity index (χ0) is 19.1. The Kier molecular flexibility index (Phi) is 9.79. The van der Waals surface area contributed by atoms with E-state index in [9.17, 15) is 4.39 Å². The van der Waals surface area contributed by atoms with Crippen LogP contribution >= 0.6 is 35.7 Å². The summed E-state index contributed by atoms with van der Waals surface area (Å²) in [6.45, 7) is 9.75. The van der Waals surface area contributed by atoms with E-state index in [0.717, 1.165) is 56.7 Å². The van der Waals surface area contributed by atoms with Crippen molar-refractivity contribution in [3.05, 3.63) is 35.1 Å². The van der Waals surface area contributed by atoms with Gasteiger partial charge in [0.25, 0.3) is 0 Å². The maximum absolute atomic E-state index is 13.5. The lowest BCUT2D eigenvalue weighted by Crippen LogP contribution is -2.60. The molecule has 3 rings (SSSR count). The average molecular weight is 522 g/mol. The van der Waals surface area contributed by atoms with Crippen molar-refractivity contribution in [2.75, 3.05) is 50.9 Å². The fourth-order valence-corrected chi connectivity index (χ4v) is 5.18. The number of ether oxygens (including phenoxy) is 1. The highest BCUT2D eigenvalue weighted by Gasteiger charge is 2.40. The Balaban J connectivity index is 0.00000280. The molecule has 1 aromatic rings. The minimum atomic E-state index is -0.168. The minimum absolute atomic E-state index is 0. The lowest BCUT2D eigenvalue weighted by atomic mass is 9.95. The van der Waals surface area contributed by atoms with Crippen LogP contribution in [0.4, 0.5) is 4.39 Å². The van der Waals surface area contributed by atoms with E-state index in [1.54, 1.807) is 13.0 Å². The van der Waals surface area contributed by atoms with Crippen LogP contribution in [0.1, 0.15) is 24.5 Å². The van der Waals surface area contributed by atoms with Gasteiger partial charge in [0.05, 0.1) is 19.8 Å². The van der Waals surface area contributed by atoms with Crippen molar-refractivity contribution < 1.29 is 9.13 Å². The summed E-state index contributed by atoms with van der Waals surface area (Å²) >= 11 is 2.03. The Hall–Kier alpha value is -0.580. The summed E-state index contributed by atoms with van der Waals surface area (Å²) in [5.74, 6) is 3.01. The van der Waals surface area contributed by atoms with Crippen LogP contribution in [0.2, 0.25) is 0 Å². The molecule has 2 saturated heterocycles. The van der Waals surface area contributed by atoms with Crippen molar-refractivity contribution >= 4 is 41.7 Å². The smallest absolute Gasteiger partial charge is 0.191 e. The molecule has 0 aliphatic carbocycles. The molecule has 5 nitrogen and oxygen atoms in total. The zero-order valence-corrected chi connectivity index (χ0v) is 19.9. The van der Waals surface area contributed by atoms with Crippen LogP contribution in [0.25, 0.3) is 0 Å². The summed E-state index contributed by atoms with van der Waals surface area (Å²) in [5, 5.41) is 6.90. The Labute approximate surface area is 189 Å². The topological polar surface area (TPSA) is 48.9 Å². The molecule has 1 atom stereocenters. The van der Waals surface area contributed by atoms with Crippen molar-refractivity contribution in [3.63, 3.8) is 0 Å². The molecule has 0 radical (unpaired) electrons. The van der Waals surface area contributed by atoms with Gasteiger partial charge in [-0.1, -0.05) is 12.1 Å². The van der Waals surface area contributed by atoms with Gasteiger partial charge in [-0.05, 0) is 43.2 Å². The fourth-order valence-electron chi connectivity index (χ4n) is 3.70. The third kappa shape index (κ3) is 6.21. The van der Waals surface area contributed by atoms with E-state index in [-0.39, 0.29) is 35.3 Å². The van der Waals surface area contributed by atoms with Gasteiger partial charge in [0.1, 0.15) is 5.82 Å². The number of thioether (sulfide) groups is 1. The predicted molar refractivity (Wildman–Crippen MR) is 126 cm³/mol. The van der Waals surface area contributed by atoms with Gasteiger partial charge in [-0.15, -0.1) is 24.0 Å². The molecular weight excluding hydrogens is 490 g/mol. The molecule has 8 heteroatoms. The number of aliphatic imine (C=N–C) groups is 1. The lowest BCUT2D eigenvalue weighted by molar-refractivity contribution is -0.0120. The summed E-state index contributed by atoms with van der Waals surface area (Å²) in [7, 11) is 0. The standard InChI is InChI=1S/C20H31FN4OS.HI/c1-3-22-19(23-13-17-4-5-18(21)16(2)12-17)24-14-20(6-11-27-15-20)25-7-9-26-10-8-25;/h4-5,12H,3,6-11,13-15H2,1-2H3,(H2,22,23,24);1H. The van der Waals surface area contributed by atoms with E-state index in [0.29, 0.717) is 12.1 Å². The molecule has 0 bridgehead atoms. The number of rotatable bonds is 6. The molecule has 0 amide bonds. The molecule has 0 aromatic heterocycles. The van der Waals surface area contributed by atoms with Crippen molar-refractivity contribution in [3.8, 4) is 0 Å². The second kappa shape index (κ2) is 11.6. The molecule has 2 fully saturated rings. The predicted octanol–water partition coefficient (Wildman–Crippen LogP) is 3.02. The van der Waals surface area contributed by atoms with Gasteiger partial charge in [-0.3, -0.25) is 4.90 Å². The van der Waals surface area contributed by atoms with Crippen molar-refractivity contribution in [2.24, 2.45) is 4.99 Å². The molecule has 2 aliphatic heterocycles. The summed E-state index contributed by atoms with van der Waals surface area (Å²) in [6, 6.07) is 5.19. The number of hydrogen-bond acceptors (Lipinski definition) is 4. The van der Waals surface area contributed by atoms with Crippen LogP contribution in [0.15, 0.2) is 23.2 Å². The average Bonchev–Trinajstić information content (AvgIpc) is 3.17. The lowest BCUT2D eigenvalue weighted by Gasteiger charge is -2.43. The van der Waals surface area contributed by atoms with Crippen LogP contribution in [-0.4, -0.2) is 67.3 Å². The Morgan fingerprint density at radius 2 is 2.11 bits per heavy atom. The van der Waals surface area contributed by atoms with Crippen molar-refractivity contribution in [1.29, 1.82) is 0 Å². The molecule has 0 spiro atoms. The van der Waals surface area contributed by atoms with E-state index in [2.05, 4.69) is 22.5 Å². The summed E-state index contributed by atoms with van der Waals surface area (Å²) in [6.07, 6.45) is 1.20. The number of aryl methyl sites for hydroxylation is 1. The molecule has 2 heterocycles. The zero-order valence-electron chi connectivity index (χ0n) is 16.8. The largest absolute Gasteiger partial charge is 0.379 e. The van der Waals surface area contributed by atoms with Crippen LogP contribution in [0, 0.1) is 12.7 Å². The Morgan fingerprint density at radius 3 is 2.75 bits per heavy atom. The van der Waals surface area contributed by atoms with E-state index in [1.807, 2.05) is 17.8 Å². The first kappa shape index (κ1) is 23.7. The number of nitrogens with zero attached hydrogens (tertiary/aromatic N) is 2. The van der Waals surface area contributed by atoms with Gasteiger partial charge in [0, 0.05) is 37.5 Å². The Bertz CT molecular complexity index is 649. The van der Waals surface area contributed by atoms with Crippen molar-refractivity contribution in [1.82, 2.24) is 15.5 Å². The van der Waals surface area contributed by atoms with Gasteiger partial charge < -0.3 is 15.4 Å². The van der Waals surface area contributed by atoms with E-state index >= 15 is 0 Å². The highest BCUT2D eigenvalue weighted by atomic mass is 127. The molecule has 2 aliphatic rings. The number of halogens is 2. The first-order valence-electron chi connectivity index (χ1n) is 9.81. The van der Waals surface area contributed by atoms with Crippen molar-refractivity contribution in [2.45, 2.75) is 32.4 Å². The number of nitrogens with one attached hydrogen (secondary N) is 2. The second-order valence-corrected chi connectivity index (χ2v) is 8.36. The molecule has 2 N–H and O–H groups in total. The van der Waals surface area contributed by atoms with Crippen LogP contribution < -0.4 is 10.6 Å². The van der Waals surface area contributed by atoms with Gasteiger partial charge in [-0.2, -0.15) is 11.8 Å².